The van der Waals surface area contributed by atoms with Gasteiger partial charge in [0.05, 0.1) is 17.4 Å². The number of nitrogens with one attached hydrogen (secondary N) is 2. The van der Waals surface area contributed by atoms with E-state index in [4.69, 9.17) is 0 Å². The number of benzene rings is 3. The van der Waals surface area contributed by atoms with E-state index in [2.05, 4.69) is 22.2 Å². The molecule has 0 radical (unpaired) electrons. The normalized spacial score (nSPS) is 15.9. The van der Waals surface area contributed by atoms with Gasteiger partial charge in [-0.3, -0.25) is 4.90 Å². The van der Waals surface area contributed by atoms with E-state index in [-0.39, 0.29) is 29.3 Å². The van der Waals surface area contributed by atoms with E-state index in [9.17, 15) is 22.9 Å². The molecule has 5 rings (SSSR count). The molecule has 1 spiro atoms. The average molecular weight is 533 g/mol. The molecule has 2 amide bonds. The molecule has 0 aromatic heterocycles. The number of carbonyl (C=O) groups excluding carboxylic acids is 1. The lowest BCUT2D eigenvalue weighted by Crippen LogP contribution is -2.41. The van der Waals surface area contributed by atoms with Crippen LogP contribution in [0.5, 0.6) is 0 Å². The molecule has 0 unspecified atom stereocenters. The maximum absolute atomic E-state index is 14.5. The molecule has 0 atom stereocenters. The number of urea groups is 1. The maximum Gasteiger partial charge on any atom is 0.322 e. The Hall–Kier alpha value is -3.74. The van der Waals surface area contributed by atoms with Crippen molar-refractivity contribution < 1.29 is 17.6 Å². The monoisotopic (exact) mass is 532 g/mol. The molecule has 2 aliphatic rings. The third kappa shape index (κ3) is 4.66. The quantitative estimate of drug-likeness (QED) is 0.466. The van der Waals surface area contributed by atoms with E-state index in [1.165, 1.54) is 25.2 Å². The highest BCUT2D eigenvalue weighted by Gasteiger charge is 2.46. The fraction of sp³-hybridized carbons (Fsp3) is 0.310. The number of nitrogens with zero attached hydrogens (tertiary/aromatic N) is 2. The highest BCUT2D eigenvalue weighted by atomic mass is 32.2. The summed E-state index contributed by atoms with van der Waals surface area (Å²) in [6.07, 6.45) is 4.10. The lowest BCUT2D eigenvalue weighted by atomic mass is 9.79. The van der Waals surface area contributed by atoms with Crippen LogP contribution in [0.4, 0.5) is 14.9 Å². The number of carbonyl (C=O) groups is 1. The van der Waals surface area contributed by atoms with Crippen LogP contribution in [-0.4, -0.2) is 28.0 Å². The second-order valence-electron chi connectivity index (χ2n) is 9.92. The van der Waals surface area contributed by atoms with E-state index in [1.54, 1.807) is 23.1 Å². The van der Waals surface area contributed by atoms with Crippen LogP contribution in [-0.2, 0) is 28.4 Å². The van der Waals surface area contributed by atoms with Crippen molar-refractivity contribution in [1.82, 2.24) is 10.0 Å². The van der Waals surface area contributed by atoms with Crippen LogP contribution < -0.4 is 14.9 Å². The van der Waals surface area contributed by atoms with Crippen LogP contribution in [0.2, 0.25) is 0 Å². The summed E-state index contributed by atoms with van der Waals surface area (Å²) in [5.74, 6) is -0.391. The molecule has 9 heteroatoms. The van der Waals surface area contributed by atoms with Crippen molar-refractivity contribution in [3.63, 3.8) is 0 Å². The number of sulfonamides is 1. The molecule has 3 aromatic rings. The molecule has 0 saturated heterocycles. The second-order valence-corrected chi connectivity index (χ2v) is 11.8. The summed E-state index contributed by atoms with van der Waals surface area (Å²) in [5.41, 5.74) is 4.52. The van der Waals surface area contributed by atoms with E-state index in [1.807, 2.05) is 18.2 Å². The van der Waals surface area contributed by atoms with Gasteiger partial charge < -0.3 is 5.32 Å². The zero-order valence-electron chi connectivity index (χ0n) is 21.1. The van der Waals surface area contributed by atoms with Crippen molar-refractivity contribution in [1.29, 1.82) is 5.26 Å². The number of anilines is 1. The van der Waals surface area contributed by atoms with Gasteiger partial charge in [0.1, 0.15) is 5.82 Å². The standard InChI is InChI=1S/C29H29FN4O3S/c1-32-38(36,37)22-10-7-20(8-11-22)18-33-28(35)34-19-29(14-2-3-15-29)25-17-21(9-12-27(25)34)23-5-4-6-26(30)24(23)13-16-31/h4-12,17,32H,2-3,13-15,18-19H2,1H3,(H,33,35). The maximum atomic E-state index is 14.5. The fourth-order valence-corrected chi connectivity index (χ4v) is 6.49. The van der Waals surface area contributed by atoms with Crippen LogP contribution in [0, 0.1) is 17.1 Å². The first-order valence-electron chi connectivity index (χ1n) is 12.7. The van der Waals surface area contributed by atoms with E-state index < -0.39 is 15.8 Å². The molecule has 2 N–H and O–H groups in total. The zero-order chi connectivity index (χ0) is 26.9. The number of amides is 2. The van der Waals surface area contributed by atoms with E-state index in [0.717, 1.165) is 48.1 Å². The largest absolute Gasteiger partial charge is 0.334 e. The zero-order valence-corrected chi connectivity index (χ0v) is 21.9. The summed E-state index contributed by atoms with van der Waals surface area (Å²) in [6.45, 7) is 0.835. The van der Waals surface area contributed by atoms with Gasteiger partial charge in [0.2, 0.25) is 10.0 Å². The third-order valence-corrected chi connectivity index (χ3v) is 9.19. The Morgan fingerprint density at radius 2 is 1.84 bits per heavy atom. The number of halogens is 1. The highest BCUT2D eigenvalue weighted by molar-refractivity contribution is 7.89. The molecular formula is C29H29FN4O3S. The summed E-state index contributed by atoms with van der Waals surface area (Å²) >= 11 is 0. The number of rotatable bonds is 6. The van der Waals surface area contributed by atoms with Gasteiger partial charge >= 0.3 is 6.03 Å². The summed E-state index contributed by atoms with van der Waals surface area (Å²) in [6, 6.07) is 19.0. The topological polar surface area (TPSA) is 102 Å². The second kappa shape index (κ2) is 10.2. The van der Waals surface area contributed by atoms with Crippen molar-refractivity contribution >= 4 is 21.7 Å². The average Bonchev–Trinajstić information content (AvgIpc) is 3.54. The van der Waals surface area contributed by atoms with Gasteiger partial charge in [-0.15, -0.1) is 0 Å². The van der Waals surface area contributed by atoms with Crippen LogP contribution >= 0.6 is 0 Å². The lowest BCUT2D eigenvalue weighted by molar-refractivity contribution is 0.245. The molecule has 1 saturated carbocycles. The fourth-order valence-electron chi connectivity index (χ4n) is 5.76. The smallest absolute Gasteiger partial charge is 0.322 e. The van der Waals surface area contributed by atoms with Crippen molar-refractivity contribution in [3.8, 4) is 17.2 Å². The minimum atomic E-state index is -3.52. The molecule has 7 nitrogen and oxygen atoms in total. The van der Waals surface area contributed by atoms with E-state index in [0.29, 0.717) is 17.7 Å². The predicted octanol–water partition coefficient (Wildman–Crippen LogP) is 5.01. The minimum Gasteiger partial charge on any atom is -0.334 e. The Kier molecular flexibility index (Phi) is 6.95. The summed E-state index contributed by atoms with van der Waals surface area (Å²) in [5, 5.41) is 12.2. The number of fused-ring (bicyclic) bond motifs is 2. The third-order valence-electron chi connectivity index (χ3n) is 7.76. The Morgan fingerprint density at radius 3 is 2.53 bits per heavy atom. The predicted molar refractivity (Wildman–Crippen MR) is 144 cm³/mol. The Balaban J connectivity index is 1.41. The Bertz CT molecular complexity index is 1520. The van der Waals surface area contributed by atoms with Gasteiger partial charge in [-0.2, -0.15) is 5.26 Å². The first kappa shape index (κ1) is 25.9. The van der Waals surface area contributed by atoms with Crippen LogP contribution in [0.15, 0.2) is 65.6 Å². The molecule has 196 valence electrons. The van der Waals surface area contributed by atoms with Crippen LogP contribution in [0.25, 0.3) is 11.1 Å². The number of hydrogen-bond donors (Lipinski definition) is 2. The summed E-state index contributed by atoms with van der Waals surface area (Å²) in [4.78, 5) is 15.3. The van der Waals surface area contributed by atoms with E-state index >= 15 is 0 Å². The molecule has 0 bridgehead atoms. The SMILES string of the molecule is CNS(=O)(=O)c1ccc(CNC(=O)N2CC3(CCCC3)c3cc(-c4cccc(F)c4CC#N)ccc32)cc1. The van der Waals surface area contributed by atoms with Gasteiger partial charge in [-0.25, -0.2) is 22.3 Å². The van der Waals surface area contributed by atoms with Gasteiger partial charge in [-0.05, 0) is 72.5 Å². The first-order valence-corrected chi connectivity index (χ1v) is 14.1. The van der Waals surface area contributed by atoms with Gasteiger partial charge in [0.15, 0.2) is 0 Å². The van der Waals surface area contributed by atoms with Gasteiger partial charge in [0.25, 0.3) is 0 Å². The minimum absolute atomic E-state index is 0.0133. The summed E-state index contributed by atoms with van der Waals surface area (Å²) < 4.78 is 40.7. The molecule has 1 heterocycles. The molecular weight excluding hydrogens is 503 g/mol. The summed E-state index contributed by atoms with van der Waals surface area (Å²) in [7, 11) is -2.16. The lowest BCUT2D eigenvalue weighted by Gasteiger charge is -2.25. The molecule has 1 aliphatic heterocycles. The number of nitriles is 1. The Morgan fingerprint density at radius 1 is 1.11 bits per heavy atom. The van der Waals surface area contributed by atoms with Crippen molar-refractivity contribution in [2.45, 2.75) is 49.0 Å². The van der Waals surface area contributed by atoms with Crippen molar-refractivity contribution in [2.75, 3.05) is 18.5 Å². The molecule has 38 heavy (non-hydrogen) atoms. The first-order chi connectivity index (χ1) is 18.3. The molecule has 3 aromatic carbocycles. The van der Waals surface area contributed by atoms with Gasteiger partial charge in [-0.1, -0.05) is 43.2 Å². The van der Waals surface area contributed by atoms with Crippen LogP contribution in [0.3, 0.4) is 0 Å². The van der Waals surface area contributed by atoms with Crippen molar-refractivity contribution in [2.24, 2.45) is 0 Å². The number of hydrogen-bond acceptors (Lipinski definition) is 4. The van der Waals surface area contributed by atoms with Crippen molar-refractivity contribution in [3.05, 3.63) is 83.2 Å². The van der Waals surface area contributed by atoms with Crippen LogP contribution in [0.1, 0.15) is 42.4 Å². The Labute approximate surface area is 222 Å². The highest BCUT2D eigenvalue weighted by Crippen LogP contribution is 2.51. The molecule has 1 aliphatic carbocycles. The molecule has 1 fully saturated rings. The van der Waals surface area contributed by atoms with Gasteiger partial charge in [0, 0.05) is 29.8 Å².